The van der Waals surface area contributed by atoms with Gasteiger partial charge >= 0.3 is 0 Å². The Bertz CT molecular complexity index is 325. The van der Waals surface area contributed by atoms with Crippen LogP contribution in [0.4, 0.5) is 4.79 Å². The number of hydrogen-bond donors (Lipinski definition) is 2. The molecular formula is C10H16N2O4S. The van der Waals surface area contributed by atoms with Gasteiger partial charge in [0.1, 0.15) is 6.04 Å². The van der Waals surface area contributed by atoms with Gasteiger partial charge in [-0.1, -0.05) is 11.8 Å². The molecule has 2 rings (SSSR count). The summed E-state index contributed by atoms with van der Waals surface area (Å²) in [5.41, 5.74) is 0. The summed E-state index contributed by atoms with van der Waals surface area (Å²) in [4.78, 5) is 24.8. The Morgan fingerprint density at radius 3 is 3.00 bits per heavy atom. The molecule has 7 heteroatoms. The van der Waals surface area contributed by atoms with Gasteiger partial charge in [0.15, 0.2) is 0 Å². The number of aliphatic hydroxyl groups is 1. The van der Waals surface area contributed by atoms with E-state index < -0.39 is 6.04 Å². The van der Waals surface area contributed by atoms with E-state index in [-0.39, 0.29) is 30.0 Å². The summed E-state index contributed by atoms with van der Waals surface area (Å²) in [6.45, 7) is 2.66. The number of nitrogens with one attached hydrogen (secondary N) is 1. The molecule has 0 aromatic carbocycles. The van der Waals surface area contributed by atoms with Gasteiger partial charge in [-0.3, -0.25) is 9.59 Å². The van der Waals surface area contributed by atoms with Crippen LogP contribution in [0, 0.1) is 0 Å². The second kappa shape index (κ2) is 5.24. The van der Waals surface area contributed by atoms with Crippen molar-refractivity contribution < 1.29 is 19.4 Å². The summed E-state index contributed by atoms with van der Waals surface area (Å²) in [5.74, 6) is 0.393. The number of carbonyl (C=O) groups is 2. The number of rotatable bonds is 2. The van der Waals surface area contributed by atoms with Gasteiger partial charge < -0.3 is 20.1 Å². The smallest absolute Gasteiger partial charge is 0.279 e. The lowest BCUT2D eigenvalue weighted by Crippen LogP contribution is -2.55. The van der Waals surface area contributed by atoms with E-state index in [1.54, 1.807) is 4.90 Å². The van der Waals surface area contributed by atoms with Crippen molar-refractivity contribution in [2.45, 2.75) is 25.2 Å². The summed E-state index contributed by atoms with van der Waals surface area (Å²) < 4.78 is 5.46. The van der Waals surface area contributed by atoms with Crippen molar-refractivity contribution in [1.82, 2.24) is 10.2 Å². The van der Waals surface area contributed by atoms with Crippen molar-refractivity contribution >= 4 is 22.9 Å². The minimum atomic E-state index is -0.433. The summed E-state index contributed by atoms with van der Waals surface area (Å²) in [6, 6.07) is -0.433. The first-order valence-corrected chi connectivity index (χ1v) is 6.57. The van der Waals surface area contributed by atoms with E-state index >= 15 is 0 Å². The molecule has 0 saturated carbocycles. The zero-order valence-corrected chi connectivity index (χ0v) is 10.4. The van der Waals surface area contributed by atoms with Crippen LogP contribution < -0.4 is 5.32 Å². The summed E-state index contributed by atoms with van der Waals surface area (Å²) in [7, 11) is 0. The first kappa shape index (κ1) is 12.7. The number of carbonyl (C=O) groups excluding carboxylic acids is 2. The maximum absolute atomic E-state index is 12.1. The molecule has 3 atom stereocenters. The van der Waals surface area contributed by atoms with Gasteiger partial charge in [-0.25, -0.2) is 0 Å². The maximum Gasteiger partial charge on any atom is 0.279 e. The van der Waals surface area contributed by atoms with Gasteiger partial charge in [-0.2, -0.15) is 0 Å². The number of thioether (sulfide) groups is 1. The molecule has 2 fully saturated rings. The molecule has 17 heavy (non-hydrogen) atoms. The van der Waals surface area contributed by atoms with Crippen LogP contribution in [-0.4, -0.2) is 64.9 Å². The Morgan fingerprint density at radius 2 is 2.41 bits per heavy atom. The third-order valence-corrected chi connectivity index (χ3v) is 3.69. The van der Waals surface area contributed by atoms with Crippen molar-refractivity contribution in [1.29, 1.82) is 0 Å². The van der Waals surface area contributed by atoms with E-state index in [1.807, 2.05) is 6.92 Å². The number of hydrogen-bond acceptors (Lipinski definition) is 5. The predicted octanol–water partition coefficient (Wildman–Crippen LogP) is -0.580. The Hall–Kier alpha value is -0.790. The van der Waals surface area contributed by atoms with Gasteiger partial charge in [-0.05, 0) is 6.92 Å². The van der Waals surface area contributed by atoms with Crippen LogP contribution in [0.15, 0.2) is 0 Å². The molecule has 3 unspecified atom stereocenters. The van der Waals surface area contributed by atoms with Crippen LogP contribution in [0.2, 0.25) is 0 Å². The average molecular weight is 260 g/mol. The zero-order valence-electron chi connectivity index (χ0n) is 9.59. The van der Waals surface area contributed by atoms with Crippen molar-refractivity contribution in [3.8, 4) is 0 Å². The summed E-state index contributed by atoms with van der Waals surface area (Å²) in [6.07, 6.45) is -0.415. The number of ether oxygens (including phenoxy) is 1. The molecule has 96 valence electrons. The Morgan fingerprint density at radius 1 is 1.65 bits per heavy atom. The first-order chi connectivity index (χ1) is 8.10. The Balaban J connectivity index is 1.96. The molecule has 0 aliphatic carbocycles. The number of aliphatic hydroxyl groups excluding tert-OH is 1. The molecule has 2 heterocycles. The SMILES string of the molecule is CC1CN(C(=O)C2CSC(=O)N2)CC(CO)O1. The highest BCUT2D eigenvalue weighted by atomic mass is 32.2. The number of morpholine rings is 1. The standard InChI is InChI=1S/C10H16N2O4S/c1-6-2-12(3-7(4-13)16-6)9(14)8-5-17-10(15)11-8/h6-8,13H,2-5H2,1H3,(H,11,15). The molecular weight excluding hydrogens is 244 g/mol. The molecule has 6 nitrogen and oxygen atoms in total. The minimum absolute atomic E-state index is 0.0862. The van der Waals surface area contributed by atoms with Crippen LogP contribution in [0.25, 0.3) is 0 Å². The lowest BCUT2D eigenvalue weighted by molar-refractivity contribution is -0.148. The van der Waals surface area contributed by atoms with E-state index in [2.05, 4.69) is 5.32 Å². The number of nitrogens with zero attached hydrogens (tertiary/aromatic N) is 1. The fraction of sp³-hybridized carbons (Fsp3) is 0.800. The summed E-state index contributed by atoms with van der Waals surface area (Å²) in [5, 5.41) is 11.6. The Labute approximate surface area is 104 Å². The second-order valence-corrected chi connectivity index (χ2v) is 5.28. The highest BCUT2D eigenvalue weighted by Gasteiger charge is 2.35. The van der Waals surface area contributed by atoms with Crippen LogP contribution in [0.1, 0.15) is 6.92 Å². The van der Waals surface area contributed by atoms with Crippen molar-refractivity contribution in [3.05, 3.63) is 0 Å². The van der Waals surface area contributed by atoms with E-state index in [1.165, 1.54) is 0 Å². The zero-order chi connectivity index (χ0) is 12.4. The molecule has 2 amide bonds. The normalized spacial score (nSPS) is 33.6. The summed E-state index contributed by atoms with van der Waals surface area (Å²) >= 11 is 1.13. The average Bonchev–Trinajstić information content (AvgIpc) is 2.74. The van der Waals surface area contributed by atoms with Crippen molar-refractivity contribution in [2.24, 2.45) is 0 Å². The van der Waals surface area contributed by atoms with Crippen LogP contribution in [0.5, 0.6) is 0 Å². The van der Waals surface area contributed by atoms with Gasteiger partial charge in [0, 0.05) is 18.8 Å². The highest BCUT2D eigenvalue weighted by Crippen LogP contribution is 2.18. The van der Waals surface area contributed by atoms with Gasteiger partial charge in [0.2, 0.25) is 5.91 Å². The van der Waals surface area contributed by atoms with Crippen LogP contribution in [-0.2, 0) is 9.53 Å². The van der Waals surface area contributed by atoms with E-state index in [0.29, 0.717) is 18.8 Å². The van der Waals surface area contributed by atoms with Gasteiger partial charge in [0.25, 0.3) is 5.24 Å². The molecule has 0 aromatic heterocycles. The monoisotopic (exact) mass is 260 g/mol. The predicted molar refractivity (Wildman–Crippen MR) is 62.8 cm³/mol. The quantitative estimate of drug-likeness (QED) is 0.694. The van der Waals surface area contributed by atoms with E-state index in [9.17, 15) is 9.59 Å². The molecule has 0 aromatic rings. The van der Waals surface area contributed by atoms with Crippen molar-refractivity contribution in [2.75, 3.05) is 25.4 Å². The molecule has 0 bridgehead atoms. The second-order valence-electron chi connectivity index (χ2n) is 4.29. The molecule has 2 aliphatic rings. The fourth-order valence-corrected chi connectivity index (χ4v) is 2.83. The lowest BCUT2D eigenvalue weighted by atomic mass is 10.2. The van der Waals surface area contributed by atoms with Crippen molar-refractivity contribution in [3.63, 3.8) is 0 Å². The third kappa shape index (κ3) is 2.91. The van der Waals surface area contributed by atoms with Gasteiger partial charge in [-0.15, -0.1) is 0 Å². The minimum Gasteiger partial charge on any atom is -0.394 e. The van der Waals surface area contributed by atoms with Crippen LogP contribution >= 0.6 is 11.8 Å². The topological polar surface area (TPSA) is 78.9 Å². The molecule has 2 saturated heterocycles. The molecule has 2 N–H and O–H groups in total. The van der Waals surface area contributed by atoms with Gasteiger partial charge in [0.05, 0.1) is 18.8 Å². The van der Waals surface area contributed by atoms with E-state index in [0.717, 1.165) is 11.8 Å². The highest BCUT2D eigenvalue weighted by molar-refractivity contribution is 8.14. The maximum atomic E-state index is 12.1. The van der Waals surface area contributed by atoms with Crippen LogP contribution in [0.3, 0.4) is 0 Å². The van der Waals surface area contributed by atoms with E-state index in [4.69, 9.17) is 9.84 Å². The third-order valence-electron chi connectivity index (χ3n) is 2.81. The molecule has 0 radical (unpaired) electrons. The first-order valence-electron chi connectivity index (χ1n) is 5.58. The molecule has 0 spiro atoms. The largest absolute Gasteiger partial charge is 0.394 e. The molecule has 2 aliphatic heterocycles. The lowest BCUT2D eigenvalue weighted by Gasteiger charge is -2.37. The number of amides is 2. The Kier molecular flexibility index (Phi) is 3.90. The fourth-order valence-electron chi connectivity index (χ4n) is 2.06.